The molecule has 2 aromatic carbocycles. The summed E-state index contributed by atoms with van der Waals surface area (Å²) in [7, 11) is 0. The molecule has 0 unspecified atom stereocenters. The average Bonchev–Trinajstić information content (AvgIpc) is 3.59. The standard InChI is InChI=1S/C27H32N4O3/c1-4-34-23-12-8-11-22(15-23)31-17-24(20-9-6-5-7-10-20)28-27(31)29-25(32)18-30(16-19(2)3)26(33)21-13-14-21/h5-12,15,17,19,21H,4,13-14,16,18H2,1-3H3,(H,28,29,32). The summed E-state index contributed by atoms with van der Waals surface area (Å²) >= 11 is 0. The third kappa shape index (κ3) is 5.84. The maximum absolute atomic E-state index is 13.1. The van der Waals surface area contributed by atoms with Gasteiger partial charge in [-0.3, -0.25) is 19.5 Å². The van der Waals surface area contributed by atoms with E-state index in [1.54, 1.807) is 4.90 Å². The first-order chi connectivity index (χ1) is 16.4. The summed E-state index contributed by atoms with van der Waals surface area (Å²) in [6, 6.07) is 17.5. The summed E-state index contributed by atoms with van der Waals surface area (Å²) in [5.41, 5.74) is 2.51. The molecule has 178 valence electrons. The number of benzene rings is 2. The number of amides is 2. The molecule has 1 aliphatic rings. The predicted molar refractivity (Wildman–Crippen MR) is 133 cm³/mol. The summed E-state index contributed by atoms with van der Waals surface area (Å²) in [5.74, 6) is 1.30. The Kier molecular flexibility index (Phi) is 7.30. The second-order valence-electron chi connectivity index (χ2n) is 9.05. The van der Waals surface area contributed by atoms with Gasteiger partial charge in [0.05, 0.1) is 24.5 Å². The molecular weight excluding hydrogens is 428 g/mol. The number of nitrogens with zero attached hydrogens (tertiary/aromatic N) is 3. The average molecular weight is 461 g/mol. The minimum absolute atomic E-state index is 0.0139. The lowest BCUT2D eigenvalue weighted by Crippen LogP contribution is -2.41. The highest BCUT2D eigenvalue weighted by molar-refractivity contribution is 5.94. The molecule has 0 atom stereocenters. The lowest BCUT2D eigenvalue weighted by atomic mass is 10.2. The minimum Gasteiger partial charge on any atom is -0.494 e. The maximum atomic E-state index is 13.1. The fourth-order valence-corrected chi connectivity index (χ4v) is 3.90. The molecule has 1 fully saturated rings. The van der Waals surface area contributed by atoms with Crippen molar-refractivity contribution in [1.82, 2.24) is 14.5 Å². The molecule has 3 aromatic rings. The molecule has 1 saturated carbocycles. The van der Waals surface area contributed by atoms with E-state index in [-0.39, 0.29) is 30.2 Å². The molecular formula is C27H32N4O3. The van der Waals surface area contributed by atoms with Crippen LogP contribution in [-0.2, 0) is 9.59 Å². The molecule has 0 bridgehead atoms. The van der Waals surface area contributed by atoms with Gasteiger partial charge in [0, 0.05) is 30.3 Å². The van der Waals surface area contributed by atoms with Crippen molar-refractivity contribution in [3.05, 3.63) is 60.8 Å². The molecule has 7 nitrogen and oxygen atoms in total. The fourth-order valence-electron chi connectivity index (χ4n) is 3.90. The Balaban J connectivity index is 1.61. The van der Waals surface area contributed by atoms with E-state index in [1.165, 1.54) is 0 Å². The minimum atomic E-state index is -0.262. The molecule has 0 aliphatic heterocycles. The SMILES string of the molecule is CCOc1cccc(-n2cc(-c3ccccc3)nc2NC(=O)CN(CC(C)C)C(=O)C2CC2)c1. The molecule has 4 rings (SSSR count). The number of carbonyl (C=O) groups is 2. The number of hydrogen-bond acceptors (Lipinski definition) is 4. The van der Waals surface area contributed by atoms with Crippen LogP contribution in [0, 0.1) is 11.8 Å². The number of hydrogen-bond donors (Lipinski definition) is 1. The topological polar surface area (TPSA) is 76.5 Å². The van der Waals surface area contributed by atoms with Crippen molar-refractivity contribution in [2.75, 3.05) is 25.0 Å². The van der Waals surface area contributed by atoms with Crippen molar-refractivity contribution in [3.8, 4) is 22.7 Å². The Bertz CT molecular complexity index is 1140. The molecule has 0 radical (unpaired) electrons. The second-order valence-corrected chi connectivity index (χ2v) is 9.05. The van der Waals surface area contributed by atoms with E-state index in [0.29, 0.717) is 19.1 Å². The van der Waals surface area contributed by atoms with Crippen LogP contribution in [0.2, 0.25) is 0 Å². The van der Waals surface area contributed by atoms with Crippen molar-refractivity contribution >= 4 is 17.8 Å². The molecule has 34 heavy (non-hydrogen) atoms. The van der Waals surface area contributed by atoms with Crippen LogP contribution in [0.5, 0.6) is 5.75 Å². The highest BCUT2D eigenvalue weighted by Gasteiger charge is 2.34. The molecule has 0 spiro atoms. The van der Waals surface area contributed by atoms with E-state index in [1.807, 2.05) is 72.3 Å². The molecule has 1 N–H and O–H groups in total. The van der Waals surface area contributed by atoms with Gasteiger partial charge >= 0.3 is 0 Å². The van der Waals surface area contributed by atoms with E-state index in [0.717, 1.165) is 35.5 Å². The highest BCUT2D eigenvalue weighted by atomic mass is 16.5. The van der Waals surface area contributed by atoms with Gasteiger partial charge in [-0.25, -0.2) is 4.98 Å². The van der Waals surface area contributed by atoms with E-state index in [9.17, 15) is 9.59 Å². The van der Waals surface area contributed by atoms with Gasteiger partial charge in [-0.05, 0) is 37.8 Å². The van der Waals surface area contributed by atoms with Crippen LogP contribution in [0.25, 0.3) is 16.9 Å². The fraction of sp³-hybridized carbons (Fsp3) is 0.370. The Labute approximate surface area is 200 Å². The summed E-state index contributed by atoms with van der Waals surface area (Å²) in [6.45, 7) is 7.18. The van der Waals surface area contributed by atoms with Crippen molar-refractivity contribution in [1.29, 1.82) is 0 Å². The van der Waals surface area contributed by atoms with Crippen molar-refractivity contribution < 1.29 is 14.3 Å². The van der Waals surface area contributed by atoms with E-state index < -0.39 is 0 Å². The number of anilines is 1. The van der Waals surface area contributed by atoms with Gasteiger partial charge in [0.1, 0.15) is 5.75 Å². The molecule has 0 saturated heterocycles. The monoisotopic (exact) mass is 460 g/mol. The zero-order valence-corrected chi connectivity index (χ0v) is 20.0. The number of nitrogens with one attached hydrogen (secondary N) is 1. The Hall–Kier alpha value is -3.61. The molecule has 1 aromatic heterocycles. The van der Waals surface area contributed by atoms with Crippen LogP contribution >= 0.6 is 0 Å². The van der Waals surface area contributed by atoms with Crippen molar-refractivity contribution in [2.24, 2.45) is 11.8 Å². The van der Waals surface area contributed by atoms with E-state index >= 15 is 0 Å². The van der Waals surface area contributed by atoms with Gasteiger partial charge in [0.15, 0.2) is 0 Å². The van der Waals surface area contributed by atoms with Crippen LogP contribution in [0.3, 0.4) is 0 Å². The first-order valence-electron chi connectivity index (χ1n) is 11.9. The smallest absolute Gasteiger partial charge is 0.246 e. The summed E-state index contributed by atoms with van der Waals surface area (Å²) in [6.07, 6.45) is 3.73. The lowest BCUT2D eigenvalue weighted by Gasteiger charge is -2.24. The number of ether oxygens (including phenoxy) is 1. The summed E-state index contributed by atoms with van der Waals surface area (Å²) in [5, 5.41) is 2.95. The normalized spacial score (nSPS) is 13.1. The Morgan fingerprint density at radius 2 is 1.91 bits per heavy atom. The second kappa shape index (κ2) is 10.5. The zero-order valence-electron chi connectivity index (χ0n) is 20.0. The first kappa shape index (κ1) is 23.5. The van der Waals surface area contributed by atoms with Gasteiger partial charge in [-0.15, -0.1) is 0 Å². The highest BCUT2D eigenvalue weighted by Crippen LogP contribution is 2.31. The Morgan fingerprint density at radius 3 is 2.59 bits per heavy atom. The first-order valence-corrected chi connectivity index (χ1v) is 11.9. The zero-order chi connectivity index (χ0) is 24.1. The van der Waals surface area contributed by atoms with Crippen LogP contribution in [-0.4, -0.2) is 46.0 Å². The Morgan fingerprint density at radius 1 is 1.15 bits per heavy atom. The van der Waals surface area contributed by atoms with Gasteiger partial charge in [-0.2, -0.15) is 0 Å². The molecule has 1 aliphatic carbocycles. The van der Waals surface area contributed by atoms with Crippen molar-refractivity contribution in [3.63, 3.8) is 0 Å². The van der Waals surface area contributed by atoms with Gasteiger partial charge < -0.3 is 9.64 Å². The van der Waals surface area contributed by atoms with Crippen LogP contribution < -0.4 is 10.1 Å². The summed E-state index contributed by atoms with van der Waals surface area (Å²) < 4.78 is 7.50. The predicted octanol–water partition coefficient (Wildman–Crippen LogP) is 4.77. The van der Waals surface area contributed by atoms with Crippen molar-refractivity contribution in [2.45, 2.75) is 33.6 Å². The van der Waals surface area contributed by atoms with E-state index in [4.69, 9.17) is 9.72 Å². The largest absolute Gasteiger partial charge is 0.494 e. The van der Waals surface area contributed by atoms with E-state index in [2.05, 4.69) is 19.2 Å². The van der Waals surface area contributed by atoms with Crippen LogP contribution in [0.1, 0.15) is 33.6 Å². The maximum Gasteiger partial charge on any atom is 0.246 e. The summed E-state index contributed by atoms with van der Waals surface area (Å²) in [4.78, 5) is 32.2. The van der Waals surface area contributed by atoms with Gasteiger partial charge in [0.2, 0.25) is 17.8 Å². The quantitative estimate of drug-likeness (QED) is 0.473. The number of imidazole rings is 1. The molecule has 2 amide bonds. The number of rotatable bonds is 10. The third-order valence-corrected chi connectivity index (χ3v) is 5.59. The third-order valence-electron chi connectivity index (χ3n) is 5.59. The molecule has 7 heteroatoms. The molecule has 1 heterocycles. The lowest BCUT2D eigenvalue weighted by molar-refractivity contribution is -0.136. The van der Waals surface area contributed by atoms with Crippen LogP contribution in [0.4, 0.5) is 5.95 Å². The number of aromatic nitrogens is 2. The number of carbonyl (C=O) groups excluding carboxylic acids is 2. The van der Waals surface area contributed by atoms with Crippen LogP contribution in [0.15, 0.2) is 60.8 Å². The van der Waals surface area contributed by atoms with Gasteiger partial charge in [-0.1, -0.05) is 50.2 Å². The van der Waals surface area contributed by atoms with Gasteiger partial charge in [0.25, 0.3) is 0 Å².